The third-order valence-electron chi connectivity index (χ3n) is 0.392. The number of hydrogen-bond acceptors (Lipinski definition) is 4. The normalized spacial score (nSPS) is 7.25. The average Bonchev–Trinajstić information content (AvgIpc) is 1.68. The number of carbonyl (C=O) groups is 1. The smallest absolute Gasteiger partial charge is 1.00 e. The summed E-state index contributed by atoms with van der Waals surface area (Å²) in [5.74, 6) is -0.595. The van der Waals surface area contributed by atoms with Crippen molar-refractivity contribution in [2.24, 2.45) is 5.73 Å². The number of esters is 1. The summed E-state index contributed by atoms with van der Waals surface area (Å²) in [5.41, 5.74) is 4.77. The van der Waals surface area contributed by atoms with Crippen molar-refractivity contribution < 1.29 is 45.6 Å². The number of aliphatic hydroxyl groups is 1. The van der Waals surface area contributed by atoms with E-state index in [2.05, 4.69) is 4.74 Å². The van der Waals surface area contributed by atoms with Crippen molar-refractivity contribution >= 4 is 5.97 Å². The monoisotopic (exact) mass is 129 g/mol. The number of ether oxygens (including phenoxy) is 1. The summed E-state index contributed by atoms with van der Waals surface area (Å²) in [6, 6.07) is 0. The molecule has 5 heteroatoms. The summed E-state index contributed by atoms with van der Waals surface area (Å²) in [6.45, 7) is -0.767. The minimum atomic E-state index is -0.595. The van der Waals surface area contributed by atoms with Crippen molar-refractivity contribution in [1.29, 1.82) is 0 Å². The van der Waals surface area contributed by atoms with Gasteiger partial charge in [-0.1, -0.05) is 0 Å². The van der Waals surface area contributed by atoms with Gasteiger partial charge in [-0.15, -0.1) is 0 Å². The second kappa shape index (κ2) is 7.39. The van der Waals surface area contributed by atoms with Crippen LogP contribution in [0.2, 0.25) is 0 Å². The molecule has 8 heavy (non-hydrogen) atoms. The number of hydrogen-bond donors (Lipinski definition) is 2. The Labute approximate surface area is 70.8 Å². The Hall–Kier alpha value is 0.390. The molecule has 0 heterocycles. The molecule has 0 saturated heterocycles. The molecule has 3 N–H and O–H groups in total. The van der Waals surface area contributed by atoms with Crippen LogP contribution in [0.15, 0.2) is 0 Å². The van der Waals surface area contributed by atoms with Gasteiger partial charge in [0.2, 0.25) is 0 Å². The maximum atomic E-state index is 9.90. The van der Waals surface area contributed by atoms with Gasteiger partial charge in [-0.05, 0) is 0 Å². The van der Waals surface area contributed by atoms with Crippen molar-refractivity contribution in [2.45, 2.75) is 0 Å². The van der Waals surface area contributed by atoms with Crippen LogP contribution in [0.1, 0.15) is 1.43 Å². The molecule has 0 aromatic carbocycles. The van der Waals surface area contributed by atoms with E-state index in [-0.39, 0.29) is 37.5 Å². The Morgan fingerprint density at radius 2 is 2.38 bits per heavy atom. The summed E-state index contributed by atoms with van der Waals surface area (Å²) in [6.07, 6.45) is 0. The van der Waals surface area contributed by atoms with Crippen LogP contribution in [0.25, 0.3) is 0 Å². The average molecular weight is 129 g/mol. The van der Waals surface area contributed by atoms with Gasteiger partial charge in [-0.25, -0.2) is 0 Å². The Bertz CT molecular complexity index is 72.1. The van der Waals surface area contributed by atoms with E-state index in [9.17, 15) is 4.79 Å². The fraction of sp³-hybridized carbons (Fsp3) is 0.667. The first kappa shape index (κ1) is 11.2. The number of aliphatic hydroxyl groups excluding tert-OH is 1. The van der Waals surface area contributed by atoms with Crippen molar-refractivity contribution in [3.63, 3.8) is 0 Å². The van der Waals surface area contributed by atoms with Gasteiger partial charge in [-0.2, -0.15) is 0 Å². The molecule has 0 aliphatic heterocycles. The molecule has 0 atom stereocenters. The summed E-state index contributed by atoms with van der Waals surface area (Å²) >= 11 is 0. The van der Waals surface area contributed by atoms with Gasteiger partial charge in [0.15, 0.2) is 6.79 Å². The molecule has 0 radical (unpaired) electrons. The van der Waals surface area contributed by atoms with Crippen molar-refractivity contribution in [2.75, 3.05) is 13.3 Å². The second-order valence-electron chi connectivity index (χ2n) is 0.850. The van der Waals surface area contributed by atoms with E-state index in [0.717, 1.165) is 0 Å². The number of carbonyl (C=O) groups excluding carboxylic acids is 1. The first-order valence-corrected chi connectivity index (χ1v) is 1.77. The topological polar surface area (TPSA) is 72.6 Å². The fourth-order valence-corrected chi connectivity index (χ4v) is 0.131. The summed E-state index contributed by atoms with van der Waals surface area (Å²) in [4.78, 5) is 9.90. The van der Waals surface area contributed by atoms with Crippen LogP contribution < -0.4 is 35.3 Å². The van der Waals surface area contributed by atoms with Crippen molar-refractivity contribution in [3.05, 3.63) is 0 Å². The van der Waals surface area contributed by atoms with Crippen LogP contribution in [-0.2, 0) is 9.53 Å². The standard InChI is InChI=1S/C3H7NO3.Na.H/c4-1-3(6)7-2-5;;/h5H,1-2,4H2;;/q;+1;-1. The molecule has 0 rings (SSSR count). The largest absolute Gasteiger partial charge is 1.00 e. The molecule has 0 aromatic rings. The molecular weight excluding hydrogens is 121 g/mol. The third kappa shape index (κ3) is 6.39. The predicted molar refractivity (Wildman–Crippen MR) is 23.3 cm³/mol. The molecule has 0 aromatic heterocycles. The van der Waals surface area contributed by atoms with E-state index in [1.807, 2.05) is 0 Å². The van der Waals surface area contributed by atoms with E-state index in [1.165, 1.54) is 0 Å². The zero-order valence-corrected chi connectivity index (χ0v) is 6.76. The third-order valence-corrected chi connectivity index (χ3v) is 0.392. The molecule has 0 saturated carbocycles. The predicted octanol–water partition coefficient (Wildman–Crippen LogP) is -4.45. The fourth-order valence-electron chi connectivity index (χ4n) is 0.131. The molecule has 0 bridgehead atoms. The van der Waals surface area contributed by atoms with E-state index >= 15 is 0 Å². The van der Waals surface area contributed by atoms with Crippen molar-refractivity contribution in [3.8, 4) is 0 Å². The zero-order chi connectivity index (χ0) is 5.70. The van der Waals surface area contributed by atoms with Gasteiger partial charge in [0.25, 0.3) is 0 Å². The van der Waals surface area contributed by atoms with Gasteiger partial charge in [0, 0.05) is 0 Å². The summed E-state index contributed by atoms with van der Waals surface area (Å²) in [5, 5.41) is 7.87. The van der Waals surface area contributed by atoms with E-state index in [1.54, 1.807) is 0 Å². The second-order valence-corrected chi connectivity index (χ2v) is 0.850. The molecule has 44 valence electrons. The zero-order valence-electron chi connectivity index (χ0n) is 5.76. The first-order chi connectivity index (χ1) is 3.31. The Balaban J connectivity index is -0.000000180. The molecule has 4 nitrogen and oxygen atoms in total. The van der Waals surface area contributed by atoms with Crippen LogP contribution in [0.3, 0.4) is 0 Å². The minimum absolute atomic E-state index is 0. The van der Waals surface area contributed by atoms with E-state index in [0.29, 0.717) is 0 Å². The number of rotatable bonds is 2. The molecular formula is C3H8NNaO3. The van der Waals surface area contributed by atoms with Crippen LogP contribution >= 0.6 is 0 Å². The maximum Gasteiger partial charge on any atom is 1.00 e. The molecule has 0 unspecified atom stereocenters. The quantitative estimate of drug-likeness (QED) is 0.224. The molecule has 0 aliphatic carbocycles. The van der Waals surface area contributed by atoms with Crippen molar-refractivity contribution in [1.82, 2.24) is 0 Å². The molecule has 0 spiro atoms. The Morgan fingerprint density at radius 1 is 1.88 bits per heavy atom. The minimum Gasteiger partial charge on any atom is -1.00 e. The van der Waals surface area contributed by atoms with E-state index in [4.69, 9.17) is 10.8 Å². The van der Waals surface area contributed by atoms with E-state index < -0.39 is 12.8 Å². The molecule has 0 amide bonds. The summed E-state index contributed by atoms with van der Waals surface area (Å²) in [7, 11) is 0. The van der Waals surface area contributed by atoms with Gasteiger partial charge >= 0.3 is 35.5 Å². The van der Waals surface area contributed by atoms with Gasteiger partial charge in [0.05, 0.1) is 6.54 Å². The van der Waals surface area contributed by atoms with Gasteiger partial charge in [0.1, 0.15) is 0 Å². The molecule has 0 fully saturated rings. The Kier molecular flexibility index (Phi) is 10.4. The van der Waals surface area contributed by atoms with Gasteiger partial charge < -0.3 is 17.0 Å². The van der Waals surface area contributed by atoms with Crippen LogP contribution in [0, 0.1) is 0 Å². The van der Waals surface area contributed by atoms with Crippen LogP contribution in [0.5, 0.6) is 0 Å². The first-order valence-electron chi connectivity index (χ1n) is 1.77. The molecule has 0 aliphatic rings. The Morgan fingerprint density at radius 3 is 2.50 bits per heavy atom. The summed E-state index contributed by atoms with van der Waals surface area (Å²) < 4.78 is 3.98. The van der Waals surface area contributed by atoms with Crippen LogP contribution in [0.4, 0.5) is 0 Å². The van der Waals surface area contributed by atoms with Crippen LogP contribution in [-0.4, -0.2) is 24.4 Å². The van der Waals surface area contributed by atoms with Gasteiger partial charge in [-0.3, -0.25) is 4.79 Å². The SMILES string of the molecule is NCC(=O)OCO.[H-].[Na+]. The number of nitrogens with two attached hydrogens (primary N) is 1. The maximum absolute atomic E-state index is 9.90.